The van der Waals surface area contributed by atoms with Crippen LogP contribution in [-0.4, -0.2) is 16.7 Å². The lowest BCUT2D eigenvalue weighted by Crippen LogP contribution is -2.14. The number of hydrogen-bond donors (Lipinski definition) is 1. The molecule has 0 aliphatic rings. The molecule has 0 spiro atoms. The van der Waals surface area contributed by atoms with Crippen LogP contribution in [0, 0.1) is 5.82 Å². The molecule has 0 aliphatic heterocycles. The van der Waals surface area contributed by atoms with Gasteiger partial charge < -0.3 is 5.32 Å². The summed E-state index contributed by atoms with van der Waals surface area (Å²) in [4.78, 5) is 27.7. The van der Waals surface area contributed by atoms with Crippen molar-refractivity contribution in [3.63, 3.8) is 0 Å². The Hall–Kier alpha value is -2.82. The number of nitrogens with one attached hydrogen (secondary N) is 1. The summed E-state index contributed by atoms with van der Waals surface area (Å²) in [6, 6.07) is 8.88. The van der Waals surface area contributed by atoms with E-state index in [4.69, 9.17) is 0 Å². The number of carbonyl (C=O) groups excluding carboxylic acids is 2. The summed E-state index contributed by atoms with van der Waals surface area (Å²) in [5.41, 5.74) is 1.14. The van der Waals surface area contributed by atoms with E-state index in [0.29, 0.717) is 5.57 Å². The zero-order chi connectivity index (χ0) is 16.1. The van der Waals surface area contributed by atoms with Crippen LogP contribution in [0.1, 0.15) is 34.2 Å². The Labute approximate surface area is 127 Å². The van der Waals surface area contributed by atoms with E-state index in [0.717, 1.165) is 6.07 Å². The molecule has 0 bridgehead atoms. The number of nitrogens with zero attached hydrogens (tertiary/aromatic N) is 1. The zero-order valence-corrected chi connectivity index (χ0v) is 12.1. The first-order valence-corrected chi connectivity index (χ1v) is 6.67. The average molecular weight is 298 g/mol. The monoisotopic (exact) mass is 298 g/mol. The molecular formula is C17H15FN2O2. The molecule has 0 aliphatic carbocycles. The van der Waals surface area contributed by atoms with Crippen LogP contribution >= 0.6 is 0 Å². The van der Waals surface area contributed by atoms with E-state index < -0.39 is 11.7 Å². The Morgan fingerprint density at radius 1 is 1.27 bits per heavy atom. The third-order valence-electron chi connectivity index (χ3n) is 2.89. The number of pyridine rings is 1. The van der Waals surface area contributed by atoms with Gasteiger partial charge in [-0.1, -0.05) is 18.2 Å². The Morgan fingerprint density at radius 3 is 2.64 bits per heavy atom. The van der Waals surface area contributed by atoms with Crippen LogP contribution in [0.15, 0.2) is 54.7 Å². The maximum absolute atomic E-state index is 14.0. The lowest BCUT2D eigenvalue weighted by atomic mass is 10.0. The first-order chi connectivity index (χ1) is 10.5. The Bertz CT molecular complexity index is 727. The molecule has 0 saturated heterocycles. The number of aromatic nitrogens is 1. The van der Waals surface area contributed by atoms with Gasteiger partial charge in [0.1, 0.15) is 11.5 Å². The lowest BCUT2D eigenvalue weighted by Gasteiger charge is -2.07. The van der Waals surface area contributed by atoms with E-state index in [1.807, 2.05) is 0 Å². The number of anilines is 1. The number of hydrogen-bond acceptors (Lipinski definition) is 3. The number of halogens is 1. The topological polar surface area (TPSA) is 59.1 Å². The number of carbonyl (C=O) groups is 2. The first kappa shape index (κ1) is 15.6. The van der Waals surface area contributed by atoms with Crippen LogP contribution in [0.3, 0.4) is 0 Å². The predicted molar refractivity (Wildman–Crippen MR) is 82.4 cm³/mol. The zero-order valence-electron chi connectivity index (χ0n) is 12.1. The molecule has 0 fully saturated rings. The summed E-state index contributed by atoms with van der Waals surface area (Å²) in [7, 11) is 0. The van der Waals surface area contributed by atoms with E-state index in [-0.39, 0.29) is 29.1 Å². The molecular weight excluding hydrogens is 283 g/mol. The van der Waals surface area contributed by atoms with E-state index in [2.05, 4.69) is 16.9 Å². The van der Waals surface area contributed by atoms with Gasteiger partial charge in [-0.15, -0.1) is 0 Å². The molecule has 0 atom stereocenters. The lowest BCUT2D eigenvalue weighted by molar-refractivity contribution is 0.0988. The number of allylic oxidation sites excluding steroid dienone is 1. The highest BCUT2D eigenvalue weighted by Crippen LogP contribution is 2.18. The number of amides is 1. The van der Waals surface area contributed by atoms with Crippen molar-refractivity contribution in [2.24, 2.45) is 0 Å². The van der Waals surface area contributed by atoms with E-state index in [9.17, 15) is 14.0 Å². The van der Waals surface area contributed by atoms with Gasteiger partial charge in [-0.25, -0.2) is 4.39 Å². The largest absolute Gasteiger partial charge is 0.321 e. The van der Waals surface area contributed by atoms with E-state index in [1.54, 1.807) is 25.1 Å². The molecule has 1 N–H and O–H groups in total. The molecule has 22 heavy (non-hydrogen) atoms. The quantitative estimate of drug-likeness (QED) is 0.677. The van der Waals surface area contributed by atoms with Gasteiger partial charge in [-0.05, 0) is 37.3 Å². The number of rotatable bonds is 5. The number of Topliss-reactive ketones (excluding diaryl/α,β-unsaturated/α-hetero) is 1. The first-order valence-electron chi connectivity index (χ1n) is 6.67. The minimum absolute atomic E-state index is 0.0150. The van der Waals surface area contributed by atoms with Crippen molar-refractivity contribution in [3.8, 4) is 0 Å². The van der Waals surface area contributed by atoms with Gasteiger partial charge in [-0.2, -0.15) is 0 Å². The van der Waals surface area contributed by atoms with Gasteiger partial charge >= 0.3 is 0 Å². The standard InChI is InChI=1S/C17H15FN2O2/c1-11(2)9-16(21)13-7-6-12(10-14(13)18)20-17(22)15-5-3-4-8-19-15/h3-8,10H,1,9H2,2H3,(H,20,22). The Kier molecular flexibility index (Phi) is 4.78. The molecule has 5 heteroatoms. The third-order valence-corrected chi connectivity index (χ3v) is 2.89. The molecule has 112 valence electrons. The van der Waals surface area contributed by atoms with Crippen LogP contribution in [-0.2, 0) is 0 Å². The van der Waals surface area contributed by atoms with Gasteiger partial charge in [0.25, 0.3) is 5.91 Å². The highest BCUT2D eigenvalue weighted by molar-refractivity contribution is 6.03. The van der Waals surface area contributed by atoms with E-state index in [1.165, 1.54) is 18.3 Å². The summed E-state index contributed by atoms with van der Waals surface area (Å²) >= 11 is 0. The van der Waals surface area contributed by atoms with Gasteiger partial charge in [-0.3, -0.25) is 14.6 Å². The molecule has 0 radical (unpaired) electrons. The molecule has 0 saturated carbocycles. The molecule has 2 aromatic rings. The predicted octanol–water partition coefficient (Wildman–Crippen LogP) is 3.62. The van der Waals surface area contributed by atoms with Crippen molar-refractivity contribution >= 4 is 17.4 Å². The smallest absolute Gasteiger partial charge is 0.274 e. The number of benzene rings is 1. The van der Waals surface area contributed by atoms with Crippen LogP contribution in [0.5, 0.6) is 0 Å². The molecule has 1 heterocycles. The van der Waals surface area contributed by atoms with Gasteiger partial charge in [0.2, 0.25) is 0 Å². The van der Waals surface area contributed by atoms with Gasteiger partial charge in [0.05, 0.1) is 5.56 Å². The average Bonchev–Trinajstić information content (AvgIpc) is 2.47. The summed E-state index contributed by atoms with van der Waals surface area (Å²) in [5.74, 6) is -1.46. The van der Waals surface area contributed by atoms with Crippen molar-refractivity contribution in [2.45, 2.75) is 13.3 Å². The van der Waals surface area contributed by atoms with Gasteiger partial charge in [0.15, 0.2) is 5.78 Å². The van der Waals surface area contributed by atoms with Crippen LogP contribution in [0.25, 0.3) is 0 Å². The molecule has 4 nitrogen and oxygen atoms in total. The fourth-order valence-electron chi connectivity index (χ4n) is 1.88. The number of ketones is 1. The second-order valence-corrected chi connectivity index (χ2v) is 4.92. The fourth-order valence-corrected chi connectivity index (χ4v) is 1.88. The molecule has 0 unspecified atom stereocenters. The van der Waals surface area contributed by atoms with Gasteiger partial charge in [0, 0.05) is 18.3 Å². The van der Waals surface area contributed by atoms with Crippen molar-refractivity contribution in [3.05, 3.63) is 71.8 Å². The second-order valence-electron chi connectivity index (χ2n) is 4.92. The highest BCUT2D eigenvalue weighted by atomic mass is 19.1. The summed E-state index contributed by atoms with van der Waals surface area (Å²) in [5, 5.41) is 2.54. The summed E-state index contributed by atoms with van der Waals surface area (Å²) in [6.07, 6.45) is 1.59. The maximum atomic E-state index is 14.0. The normalized spacial score (nSPS) is 10.1. The molecule has 1 aromatic carbocycles. The van der Waals surface area contributed by atoms with Crippen LogP contribution < -0.4 is 5.32 Å². The van der Waals surface area contributed by atoms with E-state index >= 15 is 0 Å². The Morgan fingerprint density at radius 2 is 2.05 bits per heavy atom. The SMILES string of the molecule is C=C(C)CC(=O)c1ccc(NC(=O)c2ccccn2)cc1F. The summed E-state index contributed by atoms with van der Waals surface area (Å²) in [6.45, 7) is 5.34. The molecule has 2 rings (SSSR count). The second kappa shape index (κ2) is 6.76. The van der Waals surface area contributed by atoms with Crippen molar-refractivity contribution in [1.82, 2.24) is 4.98 Å². The van der Waals surface area contributed by atoms with Crippen LogP contribution in [0.2, 0.25) is 0 Å². The molecule has 1 aromatic heterocycles. The Balaban J connectivity index is 2.14. The fraction of sp³-hybridized carbons (Fsp3) is 0.118. The maximum Gasteiger partial charge on any atom is 0.274 e. The minimum atomic E-state index is -0.676. The van der Waals surface area contributed by atoms with Crippen molar-refractivity contribution < 1.29 is 14.0 Å². The minimum Gasteiger partial charge on any atom is -0.321 e. The third kappa shape index (κ3) is 3.85. The van der Waals surface area contributed by atoms with Crippen molar-refractivity contribution in [2.75, 3.05) is 5.32 Å². The van der Waals surface area contributed by atoms with Crippen LogP contribution in [0.4, 0.5) is 10.1 Å². The van der Waals surface area contributed by atoms with Crippen molar-refractivity contribution in [1.29, 1.82) is 0 Å². The molecule has 1 amide bonds. The highest BCUT2D eigenvalue weighted by Gasteiger charge is 2.14. The summed E-state index contributed by atoms with van der Waals surface area (Å²) < 4.78 is 14.0.